The van der Waals surface area contributed by atoms with Crippen molar-refractivity contribution in [1.82, 2.24) is 0 Å². The first-order chi connectivity index (χ1) is 12.4. The van der Waals surface area contributed by atoms with Gasteiger partial charge in [-0.05, 0) is 6.42 Å². The van der Waals surface area contributed by atoms with Crippen LogP contribution in [-0.4, -0.2) is 38.0 Å². The molecule has 7 heteroatoms. The lowest BCUT2D eigenvalue weighted by Crippen LogP contribution is -2.51. The van der Waals surface area contributed by atoms with E-state index in [2.05, 4.69) is 0 Å². The van der Waals surface area contributed by atoms with Gasteiger partial charge in [-0.2, -0.15) is 0 Å². The molecular formula is C19H21ClO6. The van der Waals surface area contributed by atoms with Gasteiger partial charge in [0.05, 0.1) is 20.8 Å². The highest BCUT2D eigenvalue weighted by atomic mass is 35.5. The summed E-state index contributed by atoms with van der Waals surface area (Å²) in [6.45, 7) is 4.11. The van der Waals surface area contributed by atoms with E-state index in [0.717, 1.165) is 6.42 Å². The van der Waals surface area contributed by atoms with Crippen LogP contribution in [0.2, 0.25) is 5.02 Å². The van der Waals surface area contributed by atoms with E-state index >= 15 is 0 Å². The van der Waals surface area contributed by atoms with Crippen molar-refractivity contribution in [2.45, 2.75) is 32.3 Å². The minimum atomic E-state index is -1.42. The number of Topliss-reactive ketones (excluding diaryl/α,β-unsaturated/α-hetero) is 1. The number of hydrogen-bond acceptors (Lipinski definition) is 6. The maximum absolute atomic E-state index is 13.5. The summed E-state index contributed by atoms with van der Waals surface area (Å²) in [6.07, 6.45) is 2.27. The Morgan fingerprint density at radius 3 is 2.58 bits per heavy atom. The molecule has 3 rings (SSSR count). The van der Waals surface area contributed by atoms with Crippen molar-refractivity contribution in [1.29, 1.82) is 0 Å². The van der Waals surface area contributed by atoms with Crippen LogP contribution in [-0.2, 0) is 9.53 Å². The maximum atomic E-state index is 13.5. The summed E-state index contributed by atoms with van der Waals surface area (Å²) in [5, 5.41) is 0.187. The first kappa shape index (κ1) is 18.6. The lowest BCUT2D eigenvalue weighted by Gasteiger charge is -2.37. The Kier molecular flexibility index (Phi) is 4.88. The third-order valence-corrected chi connectivity index (χ3v) is 5.10. The van der Waals surface area contributed by atoms with Crippen LogP contribution in [0.15, 0.2) is 17.9 Å². The van der Waals surface area contributed by atoms with Gasteiger partial charge in [0.2, 0.25) is 11.4 Å². The van der Waals surface area contributed by atoms with Crippen LogP contribution in [0.25, 0.3) is 0 Å². The fourth-order valence-electron chi connectivity index (χ4n) is 3.45. The predicted octanol–water partition coefficient (Wildman–Crippen LogP) is 3.59. The van der Waals surface area contributed by atoms with Gasteiger partial charge in [0.15, 0.2) is 17.3 Å². The molecule has 1 aromatic rings. The average molecular weight is 381 g/mol. The van der Waals surface area contributed by atoms with Crippen molar-refractivity contribution in [2.24, 2.45) is 5.92 Å². The average Bonchev–Trinajstić information content (AvgIpc) is 2.93. The largest absolute Gasteiger partial charge is 0.496 e. The SMILES string of the molecule is CCCOC1=CC(=O)CC(C)[C@]12Oc1c(Cl)c(OC)cc(OC)c1C2=O. The number of ether oxygens (including phenoxy) is 4. The number of ketones is 2. The molecule has 1 aliphatic carbocycles. The van der Waals surface area contributed by atoms with Gasteiger partial charge in [0.25, 0.3) is 0 Å². The normalized spacial score (nSPS) is 24.2. The molecule has 0 aromatic heterocycles. The molecule has 0 radical (unpaired) electrons. The number of hydrogen-bond donors (Lipinski definition) is 0. The molecule has 2 atom stereocenters. The Labute approximate surface area is 157 Å². The van der Waals surface area contributed by atoms with Crippen LogP contribution >= 0.6 is 11.6 Å². The van der Waals surface area contributed by atoms with Gasteiger partial charge < -0.3 is 18.9 Å². The Balaban J connectivity index is 2.19. The van der Waals surface area contributed by atoms with E-state index in [1.807, 2.05) is 6.92 Å². The van der Waals surface area contributed by atoms with Crippen LogP contribution in [0.1, 0.15) is 37.0 Å². The van der Waals surface area contributed by atoms with Crippen molar-refractivity contribution < 1.29 is 28.5 Å². The van der Waals surface area contributed by atoms with E-state index in [0.29, 0.717) is 18.1 Å². The van der Waals surface area contributed by atoms with E-state index in [-0.39, 0.29) is 40.1 Å². The molecule has 0 amide bonds. The van der Waals surface area contributed by atoms with Gasteiger partial charge >= 0.3 is 0 Å². The topological polar surface area (TPSA) is 71.1 Å². The molecule has 0 fully saturated rings. The molecule has 1 aliphatic heterocycles. The third-order valence-electron chi connectivity index (χ3n) is 4.74. The van der Waals surface area contributed by atoms with E-state index < -0.39 is 11.5 Å². The van der Waals surface area contributed by atoms with Crippen molar-refractivity contribution in [2.75, 3.05) is 20.8 Å². The number of carbonyl (C=O) groups excluding carboxylic acids is 2. The van der Waals surface area contributed by atoms with Gasteiger partial charge in [0, 0.05) is 24.5 Å². The highest BCUT2D eigenvalue weighted by Gasteiger charge is 2.60. The minimum absolute atomic E-state index is 0.0998. The second-order valence-electron chi connectivity index (χ2n) is 6.39. The molecule has 6 nitrogen and oxygen atoms in total. The van der Waals surface area contributed by atoms with Crippen LogP contribution in [0.4, 0.5) is 0 Å². The zero-order valence-electron chi connectivity index (χ0n) is 15.2. The smallest absolute Gasteiger partial charge is 0.231 e. The molecule has 1 spiro atoms. The highest BCUT2D eigenvalue weighted by Crippen LogP contribution is 2.54. The van der Waals surface area contributed by atoms with Crippen molar-refractivity contribution in [3.8, 4) is 17.2 Å². The number of fused-ring (bicyclic) bond motifs is 1. The number of rotatable bonds is 5. The summed E-state index contributed by atoms with van der Waals surface area (Å²) in [6, 6.07) is 1.55. The number of halogens is 1. The number of methoxy groups -OCH3 is 2. The summed E-state index contributed by atoms with van der Waals surface area (Å²) >= 11 is 6.39. The lowest BCUT2D eigenvalue weighted by atomic mass is 9.75. The summed E-state index contributed by atoms with van der Waals surface area (Å²) < 4.78 is 22.5. The van der Waals surface area contributed by atoms with Gasteiger partial charge in [-0.1, -0.05) is 25.4 Å². The van der Waals surface area contributed by atoms with Crippen molar-refractivity contribution in [3.63, 3.8) is 0 Å². The number of allylic oxidation sites excluding steroid dienone is 1. The van der Waals surface area contributed by atoms with Gasteiger partial charge in [0.1, 0.15) is 22.1 Å². The van der Waals surface area contributed by atoms with Crippen LogP contribution in [0, 0.1) is 5.92 Å². The fourth-order valence-corrected chi connectivity index (χ4v) is 3.71. The minimum Gasteiger partial charge on any atom is -0.496 e. The Bertz CT molecular complexity index is 800. The molecule has 1 unspecified atom stereocenters. The van der Waals surface area contributed by atoms with E-state index in [4.69, 9.17) is 30.5 Å². The Morgan fingerprint density at radius 1 is 1.27 bits per heavy atom. The van der Waals surface area contributed by atoms with Crippen LogP contribution in [0.3, 0.4) is 0 Å². The summed E-state index contributed by atoms with van der Waals surface area (Å²) in [5.74, 6) is 0.224. The zero-order valence-corrected chi connectivity index (χ0v) is 15.9. The molecular weight excluding hydrogens is 360 g/mol. The van der Waals surface area contributed by atoms with Crippen molar-refractivity contribution in [3.05, 3.63) is 28.5 Å². The first-order valence-corrected chi connectivity index (χ1v) is 8.84. The Morgan fingerprint density at radius 2 is 1.96 bits per heavy atom. The quantitative estimate of drug-likeness (QED) is 0.777. The Hall–Kier alpha value is -2.21. The van der Waals surface area contributed by atoms with Gasteiger partial charge in [-0.15, -0.1) is 0 Å². The predicted molar refractivity (Wildman–Crippen MR) is 95.4 cm³/mol. The number of carbonyl (C=O) groups is 2. The molecule has 1 aromatic carbocycles. The molecule has 0 bridgehead atoms. The lowest BCUT2D eigenvalue weighted by molar-refractivity contribution is -0.118. The van der Waals surface area contributed by atoms with E-state index in [1.165, 1.54) is 20.3 Å². The fraction of sp³-hybridized carbons (Fsp3) is 0.474. The van der Waals surface area contributed by atoms with Gasteiger partial charge in [-0.25, -0.2) is 0 Å². The molecule has 140 valence electrons. The molecule has 0 saturated heterocycles. The van der Waals surface area contributed by atoms with Crippen LogP contribution < -0.4 is 14.2 Å². The second-order valence-corrected chi connectivity index (χ2v) is 6.77. The highest BCUT2D eigenvalue weighted by molar-refractivity contribution is 6.35. The van der Waals surface area contributed by atoms with Gasteiger partial charge in [-0.3, -0.25) is 9.59 Å². The standard InChI is InChI=1S/C19H21ClO6/c1-5-6-25-14-8-11(21)7-10(2)19(14)18(22)15-12(23-3)9-13(24-4)16(20)17(15)26-19/h8-10H,5-7H2,1-4H3/t10?,19-/m0/s1. The molecule has 0 saturated carbocycles. The summed E-state index contributed by atoms with van der Waals surface area (Å²) in [4.78, 5) is 25.5. The first-order valence-electron chi connectivity index (χ1n) is 8.46. The maximum Gasteiger partial charge on any atom is 0.231 e. The van der Waals surface area contributed by atoms with E-state index in [9.17, 15) is 9.59 Å². The van der Waals surface area contributed by atoms with E-state index in [1.54, 1.807) is 13.0 Å². The summed E-state index contributed by atoms with van der Waals surface area (Å²) in [7, 11) is 2.93. The molecule has 1 heterocycles. The second kappa shape index (κ2) is 6.83. The molecule has 2 aliphatic rings. The summed E-state index contributed by atoms with van der Waals surface area (Å²) in [5.41, 5.74) is -1.18. The molecule has 0 N–H and O–H groups in total. The monoisotopic (exact) mass is 380 g/mol. The third kappa shape index (κ3) is 2.55. The molecule has 26 heavy (non-hydrogen) atoms. The number of benzene rings is 1. The van der Waals surface area contributed by atoms with Crippen molar-refractivity contribution >= 4 is 23.2 Å². The van der Waals surface area contributed by atoms with Crippen LogP contribution in [0.5, 0.6) is 17.2 Å². The zero-order chi connectivity index (χ0) is 19.1.